The highest BCUT2D eigenvalue weighted by Crippen LogP contribution is 2.26. The van der Waals surface area contributed by atoms with Crippen LogP contribution in [0.25, 0.3) is 0 Å². The zero-order valence-corrected chi connectivity index (χ0v) is 15.7. The van der Waals surface area contributed by atoms with Gasteiger partial charge in [-0.2, -0.15) is 0 Å². The summed E-state index contributed by atoms with van der Waals surface area (Å²) in [5, 5.41) is 3.38. The Bertz CT molecular complexity index is 778. The van der Waals surface area contributed by atoms with Gasteiger partial charge in [-0.15, -0.1) is 0 Å². The highest BCUT2D eigenvalue weighted by Gasteiger charge is 2.16. The molecular weight excluding hydrogens is 354 g/mol. The van der Waals surface area contributed by atoms with Gasteiger partial charge < -0.3 is 10.1 Å². The topological polar surface area (TPSA) is 79.5 Å². The third-order valence-corrected chi connectivity index (χ3v) is 3.90. The van der Waals surface area contributed by atoms with E-state index < -0.39 is 12.0 Å². The lowest BCUT2D eigenvalue weighted by Gasteiger charge is -2.16. The van der Waals surface area contributed by atoms with Crippen molar-refractivity contribution in [1.82, 2.24) is 10.9 Å². The maximum Gasteiger partial charge on any atom is 0.279 e. The number of hydrogen-bond acceptors (Lipinski definition) is 4. The van der Waals surface area contributed by atoms with Gasteiger partial charge in [-0.1, -0.05) is 35.4 Å². The third kappa shape index (κ3) is 5.97. The maximum atomic E-state index is 12.0. The van der Waals surface area contributed by atoms with Crippen molar-refractivity contribution >= 4 is 29.1 Å². The van der Waals surface area contributed by atoms with Crippen LogP contribution in [0.1, 0.15) is 18.1 Å². The summed E-state index contributed by atoms with van der Waals surface area (Å²) < 4.78 is 5.55. The predicted octanol–water partition coefficient (Wildman–Crippen LogP) is 2.98. The minimum absolute atomic E-state index is 0.0300. The van der Waals surface area contributed by atoms with E-state index in [0.717, 1.165) is 16.8 Å². The maximum absolute atomic E-state index is 12.0. The van der Waals surface area contributed by atoms with Crippen LogP contribution in [0.2, 0.25) is 5.02 Å². The molecule has 0 aliphatic rings. The van der Waals surface area contributed by atoms with Gasteiger partial charge in [-0.25, -0.2) is 0 Å². The number of benzene rings is 2. The molecule has 0 aliphatic heterocycles. The molecule has 0 spiro atoms. The van der Waals surface area contributed by atoms with Crippen molar-refractivity contribution in [3.8, 4) is 5.75 Å². The fraction of sp³-hybridized carbons (Fsp3) is 0.263. The Hall–Kier alpha value is -2.73. The van der Waals surface area contributed by atoms with Gasteiger partial charge in [-0.3, -0.25) is 20.4 Å². The van der Waals surface area contributed by atoms with Gasteiger partial charge in [0.15, 0.2) is 6.10 Å². The van der Waals surface area contributed by atoms with E-state index in [1.54, 1.807) is 19.1 Å². The Kier molecular flexibility index (Phi) is 6.86. The summed E-state index contributed by atoms with van der Waals surface area (Å²) in [6, 6.07) is 12.9. The lowest BCUT2D eigenvalue weighted by atomic mass is 10.2. The quantitative estimate of drug-likeness (QED) is 0.678. The Labute approximate surface area is 157 Å². The number of hydrogen-bond donors (Lipinski definition) is 3. The molecule has 0 radical (unpaired) electrons. The molecule has 138 valence electrons. The molecule has 1 unspecified atom stereocenters. The second-order valence-electron chi connectivity index (χ2n) is 5.95. The monoisotopic (exact) mass is 375 g/mol. The van der Waals surface area contributed by atoms with E-state index in [0.29, 0.717) is 10.8 Å². The summed E-state index contributed by atoms with van der Waals surface area (Å²) in [7, 11) is 0. The molecule has 2 aromatic carbocycles. The van der Waals surface area contributed by atoms with Crippen molar-refractivity contribution in [2.75, 3.05) is 11.9 Å². The van der Waals surface area contributed by atoms with E-state index in [4.69, 9.17) is 16.3 Å². The highest BCUT2D eigenvalue weighted by molar-refractivity contribution is 6.32. The molecule has 2 rings (SSSR count). The molecular formula is C19H22ClN3O3. The van der Waals surface area contributed by atoms with Crippen LogP contribution in [0.5, 0.6) is 5.75 Å². The van der Waals surface area contributed by atoms with Crippen molar-refractivity contribution in [3.05, 3.63) is 58.6 Å². The zero-order valence-electron chi connectivity index (χ0n) is 14.9. The number of halogens is 1. The Morgan fingerprint density at radius 2 is 1.69 bits per heavy atom. The minimum atomic E-state index is -0.820. The number of aryl methyl sites for hydroxylation is 2. The van der Waals surface area contributed by atoms with E-state index in [9.17, 15) is 9.59 Å². The molecule has 0 aliphatic carbocycles. The third-order valence-electron chi connectivity index (χ3n) is 3.59. The van der Waals surface area contributed by atoms with Crippen LogP contribution in [0.15, 0.2) is 42.5 Å². The van der Waals surface area contributed by atoms with Crippen LogP contribution in [-0.4, -0.2) is 24.5 Å². The van der Waals surface area contributed by atoms with Crippen LogP contribution in [0.4, 0.5) is 5.69 Å². The van der Waals surface area contributed by atoms with E-state index in [-0.39, 0.29) is 12.5 Å². The van der Waals surface area contributed by atoms with Gasteiger partial charge in [0.05, 0.1) is 11.6 Å². The molecule has 0 saturated carbocycles. The van der Waals surface area contributed by atoms with Crippen molar-refractivity contribution in [1.29, 1.82) is 0 Å². The molecule has 7 heteroatoms. The molecule has 0 fully saturated rings. The molecule has 6 nitrogen and oxygen atoms in total. The molecule has 2 amide bonds. The highest BCUT2D eigenvalue weighted by atomic mass is 35.5. The molecule has 0 saturated heterocycles. The minimum Gasteiger partial charge on any atom is -0.479 e. The number of rotatable bonds is 6. The Balaban J connectivity index is 1.77. The standard InChI is InChI=1S/C19H22ClN3O3/c1-12-4-7-15(8-5-12)21-11-18(24)22-23-19(25)14(3)26-17-10-13(2)6-9-16(17)20/h4-10,14,21H,11H2,1-3H3,(H,22,24)(H,23,25). The summed E-state index contributed by atoms with van der Waals surface area (Å²) in [6.45, 7) is 5.49. The number of amides is 2. The Morgan fingerprint density at radius 1 is 1.04 bits per heavy atom. The van der Waals surface area contributed by atoms with E-state index >= 15 is 0 Å². The fourth-order valence-electron chi connectivity index (χ4n) is 2.08. The summed E-state index contributed by atoms with van der Waals surface area (Å²) in [5.74, 6) is -0.437. The van der Waals surface area contributed by atoms with E-state index in [1.807, 2.05) is 44.2 Å². The molecule has 2 aromatic rings. The first-order valence-corrected chi connectivity index (χ1v) is 8.55. The summed E-state index contributed by atoms with van der Waals surface area (Å²) in [6.07, 6.45) is -0.820. The predicted molar refractivity (Wildman–Crippen MR) is 102 cm³/mol. The molecule has 26 heavy (non-hydrogen) atoms. The normalized spacial score (nSPS) is 11.4. The SMILES string of the molecule is Cc1ccc(NCC(=O)NNC(=O)C(C)Oc2cc(C)ccc2Cl)cc1. The van der Waals surface area contributed by atoms with Gasteiger partial charge in [0.1, 0.15) is 5.75 Å². The van der Waals surface area contributed by atoms with Gasteiger partial charge in [0.2, 0.25) is 0 Å². The number of hydrazine groups is 1. The first-order valence-electron chi connectivity index (χ1n) is 8.17. The molecule has 0 aromatic heterocycles. The van der Waals surface area contributed by atoms with E-state index in [2.05, 4.69) is 16.2 Å². The van der Waals surface area contributed by atoms with Crippen molar-refractivity contribution < 1.29 is 14.3 Å². The fourth-order valence-corrected chi connectivity index (χ4v) is 2.24. The largest absolute Gasteiger partial charge is 0.479 e. The molecule has 3 N–H and O–H groups in total. The lowest BCUT2D eigenvalue weighted by molar-refractivity contribution is -0.132. The first-order chi connectivity index (χ1) is 12.3. The van der Waals surface area contributed by atoms with Gasteiger partial charge in [-0.05, 0) is 50.6 Å². The van der Waals surface area contributed by atoms with Crippen molar-refractivity contribution in [3.63, 3.8) is 0 Å². The van der Waals surface area contributed by atoms with Gasteiger partial charge in [0.25, 0.3) is 11.8 Å². The smallest absolute Gasteiger partial charge is 0.279 e. The van der Waals surface area contributed by atoms with Crippen LogP contribution in [0, 0.1) is 13.8 Å². The van der Waals surface area contributed by atoms with Gasteiger partial charge in [0, 0.05) is 5.69 Å². The first kappa shape index (κ1) is 19.6. The number of anilines is 1. The van der Waals surface area contributed by atoms with Crippen molar-refractivity contribution in [2.45, 2.75) is 26.9 Å². The average molecular weight is 376 g/mol. The Morgan fingerprint density at radius 3 is 2.38 bits per heavy atom. The van der Waals surface area contributed by atoms with Gasteiger partial charge >= 0.3 is 0 Å². The molecule has 0 heterocycles. The average Bonchev–Trinajstić information content (AvgIpc) is 2.62. The summed E-state index contributed by atoms with van der Waals surface area (Å²) in [4.78, 5) is 23.9. The molecule has 1 atom stereocenters. The van der Waals surface area contributed by atoms with Crippen LogP contribution in [-0.2, 0) is 9.59 Å². The summed E-state index contributed by atoms with van der Waals surface area (Å²) in [5.41, 5.74) is 7.60. The molecule has 0 bridgehead atoms. The number of carbonyl (C=O) groups excluding carboxylic acids is 2. The van der Waals surface area contributed by atoms with Crippen molar-refractivity contribution in [2.24, 2.45) is 0 Å². The van der Waals surface area contributed by atoms with Crippen LogP contribution < -0.4 is 20.9 Å². The second-order valence-corrected chi connectivity index (χ2v) is 6.36. The number of carbonyl (C=O) groups is 2. The van der Waals surface area contributed by atoms with E-state index in [1.165, 1.54) is 0 Å². The number of ether oxygens (including phenoxy) is 1. The summed E-state index contributed by atoms with van der Waals surface area (Å²) >= 11 is 6.05. The van der Waals surface area contributed by atoms with Crippen LogP contribution in [0.3, 0.4) is 0 Å². The zero-order chi connectivity index (χ0) is 19.1. The second kappa shape index (κ2) is 9.10. The number of nitrogens with one attached hydrogen (secondary N) is 3. The lowest BCUT2D eigenvalue weighted by Crippen LogP contribution is -2.48. The van der Waals surface area contributed by atoms with Crippen LogP contribution >= 0.6 is 11.6 Å².